The zero-order valence-electron chi connectivity index (χ0n) is 13.7. The summed E-state index contributed by atoms with van der Waals surface area (Å²) in [5.74, 6) is 1.77. The van der Waals surface area contributed by atoms with Crippen molar-refractivity contribution in [2.75, 3.05) is 18.9 Å². The molecule has 1 aliphatic heterocycles. The molecule has 0 bridgehead atoms. The fourth-order valence-electron chi connectivity index (χ4n) is 3.18. The highest BCUT2D eigenvalue weighted by Gasteiger charge is 2.30. The largest absolute Gasteiger partial charge is 0.490 e. The van der Waals surface area contributed by atoms with Gasteiger partial charge in [0, 0.05) is 6.61 Å². The number of anilines is 1. The predicted octanol–water partition coefficient (Wildman–Crippen LogP) is 1.85. The lowest BCUT2D eigenvalue weighted by atomic mass is 10.1. The lowest BCUT2D eigenvalue weighted by molar-refractivity contribution is -0.00425. The van der Waals surface area contributed by atoms with E-state index in [0.717, 1.165) is 22.2 Å². The summed E-state index contributed by atoms with van der Waals surface area (Å²) in [6.45, 7) is 5.15. The number of benzene rings is 1. The molecule has 4 rings (SSSR count). The van der Waals surface area contributed by atoms with E-state index >= 15 is 0 Å². The van der Waals surface area contributed by atoms with Gasteiger partial charge in [0.05, 0.1) is 23.0 Å². The molecular formula is C17H20N4O3. The van der Waals surface area contributed by atoms with Crippen molar-refractivity contribution in [3.8, 4) is 5.75 Å². The Morgan fingerprint density at radius 2 is 2.25 bits per heavy atom. The monoisotopic (exact) mass is 328 g/mol. The third-order valence-corrected chi connectivity index (χ3v) is 4.24. The minimum atomic E-state index is -1.04. The number of pyridine rings is 1. The van der Waals surface area contributed by atoms with Crippen LogP contribution < -0.4 is 10.5 Å². The topological polar surface area (TPSA) is 95.4 Å². The summed E-state index contributed by atoms with van der Waals surface area (Å²) in [5.41, 5.74) is 7.30. The molecule has 0 fully saturated rings. The molecular weight excluding hydrogens is 308 g/mol. The normalized spacial score (nSPS) is 20.3. The van der Waals surface area contributed by atoms with Crippen LogP contribution in [-0.4, -0.2) is 38.5 Å². The third kappa shape index (κ3) is 2.28. The van der Waals surface area contributed by atoms with Crippen LogP contribution in [-0.2, 0) is 17.9 Å². The highest BCUT2D eigenvalue weighted by atomic mass is 16.5. The molecule has 3 heterocycles. The summed E-state index contributed by atoms with van der Waals surface area (Å²) >= 11 is 0. The van der Waals surface area contributed by atoms with Crippen molar-refractivity contribution in [1.29, 1.82) is 0 Å². The molecule has 0 spiro atoms. The maximum absolute atomic E-state index is 10.7. The molecule has 0 amide bonds. The maximum Gasteiger partial charge on any atom is 0.152 e. The number of aliphatic hydroxyl groups is 1. The molecule has 0 saturated carbocycles. The van der Waals surface area contributed by atoms with Gasteiger partial charge in [0.1, 0.15) is 35.9 Å². The molecule has 1 atom stereocenters. The Morgan fingerprint density at radius 1 is 1.42 bits per heavy atom. The summed E-state index contributed by atoms with van der Waals surface area (Å²) in [6.07, 6.45) is 0. The van der Waals surface area contributed by atoms with E-state index in [1.165, 1.54) is 0 Å². The van der Waals surface area contributed by atoms with E-state index < -0.39 is 5.60 Å². The van der Waals surface area contributed by atoms with E-state index in [1.54, 1.807) is 6.92 Å². The van der Waals surface area contributed by atoms with Gasteiger partial charge >= 0.3 is 0 Å². The van der Waals surface area contributed by atoms with Crippen LogP contribution in [0.1, 0.15) is 19.7 Å². The molecule has 3 aromatic rings. The number of nitrogens with two attached hydrogens (primary N) is 1. The smallest absolute Gasteiger partial charge is 0.152 e. The summed E-state index contributed by atoms with van der Waals surface area (Å²) in [7, 11) is 0. The Kier molecular flexibility index (Phi) is 3.36. The van der Waals surface area contributed by atoms with E-state index in [4.69, 9.17) is 15.2 Å². The number of nitrogen functional groups attached to an aromatic ring is 1. The second-order valence-electron chi connectivity index (χ2n) is 6.38. The van der Waals surface area contributed by atoms with Crippen molar-refractivity contribution in [2.45, 2.75) is 32.6 Å². The van der Waals surface area contributed by atoms with Crippen LogP contribution in [0.2, 0.25) is 0 Å². The molecule has 24 heavy (non-hydrogen) atoms. The lowest BCUT2D eigenvalue weighted by Crippen LogP contribution is -2.38. The van der Waals surface area contributed by atoms with Gasteiger partial charge in [-0.1, -0.05) is 6.07 Å². The van der Waals surface area contributed by atoms with Crippen molar-refractivity contribution < 1.29 is 14.6 Å². The van der Waals surface area contributed by atoms with Crippen molar-refractivity contribution in [3.63, 3.8) is 0 Å². The van der Waals surface area contributed by atoms with E-state index in [1.807, 2.05) is 29.7 Å². The first-order valence-electron chi connectivity index (χ1n) is 8.00. The average Bonchev–Trinajstić information content (AvgIpc) is 2.88. The quantitative estimate of drug-likeness (QED) is 0.762. The SMILES string of the molecule is CCOCc1nc2c(N)nc3cccc4c3c2n1CC(C)(O)CO4. The molecule has 1 unspecified atom stereocenters. The van der Waals surface area contributed by atoms with E-state index in [2.05, 4.69) is 9.97 Å². The van der Waals surface area contributed by atoms with Crippen LogP contribution in [0.4, 0.5) is 5.82 Å². The molecule has 7 heteroatoms. The van der Waals surface area contributed by atoms with Gasteiger partial charge in [-0.15, -0.1) is 0 Å². The molecule has 1 aromatic carbocycles. The van der Waals surface area contributed by atoms with Crippen molar-refractivity contribution in [3.05, 3.63) is 24.0 Å². The first-order chi connectivity index (χ1) is 11.5. The molecule has 2 aromatic heterocycles. The first kappa shape index (κ1) is 15.2. The minimum absolute atomic E-state index is 0.184. The van der Waals surface area contributed by atoms with Gasteiger partial charge in [0.15, 0.2) is 5.82 Å². The second kappa shape index (κ2) is 5.32. The molecule has 7 nitrogen and oxygen atoms in total. The van der Waals surface area contributed by atoms with Gasteiger partial charge in [-0.05, 0) is 26.0 Å². The lowest BCUT2D eigenvalue weighted by Gasteiger charge is -2.28. The Labute approximate surface area is 139 Å². The molecule has 0 saturated heterocycles. The van der Waals surface area contributed by atoms with Crippen LogP contribution in [0.3, 0.4) is 0 Å². The van der Waals surface area contributed by atoms with Gasteiger partial charge in [-0.3, -0.25) is 0 Å². The first-order valence-corrected chi connectivity index (χ1v) is 8.00. The number of rotatable bonds is 3. The third-order valence-electron chi connectivity index (χ3n) is 4.24. The highest BCUT2D eigenvalue weighted by molar-refractivity contribution is 6.09. The summed E-state index contributed by atoms with van der Waals surface area (Å²) in [6, 6.07) is 5.64. The average molecular weight is 328 g/mol. The zero-order chi connectivity index (χ0) is 16.9. The summed E-state index contributed by atoms with van der Waals surface area (Å²) in [5, 5.41) is 11.6. The number of ether oxygens (including phenoxy) is 2. The fraction of sp³-hybridized carbons (Fsp3) is 0.412. The maximum atomic E-state index is 10.7. The summed E-state index contributed by atoms with van der Waals surface area (Å²) in [4.78, 5) is 9.10. The van der Waals surface area contributed by atoms with Gasteiger partial charge < -0.3 is 24.9 Å². The standard InChI is InChI=1S/C17H20N4O3/c1-3-23-7-12-20-14-15-13-10(19-16(14)18)5-4-6-11(13)24-9-17(2,22)8-21(12)15/h4-6,22H,3,7-9H2,1-2H3,(H2,18,19). The molecule has 0 radical (unpaired) electrons. The number of nitrogens with zero attached hydrogens (tertiary/aromatic N) is 3. The molecule has 126 valence electrons. The Hall–Kier alpha value is -2.38. The van der Waals surface area contributed by atoms with Crippen molar-refractivity contribution in [2.24, 2.45) is 0 Å². The Morgan fingerprint density at radius 3 is 3.04 bits per heavy atom. The molecule has 1 aliphatic rings. The van der Waals surface area contributed by atoms with Crippen LogP contribution in [0, 0.1) is 0 Å². The van der Waals surface area contributed by atoms with E-state index in [0.29, 0.717) is 36.8 Å². The Bertz CT molecular complexity index is 933. The number of imidazole rings is 1. The van der Waals surface area contributed by atoms with Gasteiger partial charge in [-0.25, -0.2) is 9.97 Å². The number of hydrogen-bond acceptors (Lipinski definition) is 6. The second-order valence-corrected chi connectivity index (χ2v) is 6.38. The zero-order valence-corrected chi connectivity index (χ0v) is 13.7. The van der Waals surface area contributed by atoms with Gasteiger partial charge in [0.2, 0.25) is 0 Å². The van der Waals surface area contributed by atoms with Crippen LogP contribution in [0.5, 0.6) is 5.75 Å². The van der Waals surface area contributed by atoms with Crippen molar-refractivity contribution >= 4 is 27.8 Å². The molecule has 0 aliphatic carbocycles. The Balaban J connectivity index is 2.11. The van der Waals surface area contributed by atoms with Crippen LogP contribution >= 0.6 is 0 Å². The number of hydrogen-bond donors (Lipinski definition) is 2. The van der Waals surface area contributed by atoms with Crippen molar-refractivity contribution in [1.82, 2.24) is 14.5 Å². The minimum Gasteiger partial charge on any atom is -0.490 e. The van der Waals surface area contributed by atoms with Crippen LogP contribution in [0.15, 0.2) is 18.2 Å². The predicted molar refractivity (Wildman–Crippen MR) is 90.9 cm³/mol. The summed E-state index contributed by atoms with van der Waals surface area (Å²) < 4.78 is 13.4. The van der Waals surface area contributed by atoms with E-state index in [9.17, 15) is 5.11 Å². The van der Waals surface area contributed by atoms with E-state index in [-0.39, 0.29) is 6.61 Å². The van der Waals surface area contributed by atoms with Gasteiger partial charge in [0.25, 0.3) is 0 Å². The number of aromatic nitrogens is 3. The van der Waals surface area contributed by atoms with Crippen LogP contribution in [0.25, 0.3) is 21.9 Å². The highest BCUT2D eigenvalue weighted by Crippen LogP contribution is 2.37. The fourth-order valence-corrected chi connectivity index (χ4v) is 3.18. The van der Waals surface area contributed by atoms with Gasteiger partial charge in [-0.2, -0.15) is 0 Å². The molecule has 3 N–H and O–H groups in total.